The lowest BCUT2D eigenvalue weighted by atomic mass is 10.2. The second-order valence-electron chi connectivity index (χ2n) is 4.64. The third-order valence-electron chi connectivity index (χ3n) is 3.37. The van der Waals surface area contributed by atoms with Gasteiger partial charge >= 0.3 is 0 Å². The lowest BCUT2D eigenvalue weighted by molar-refractivity contribution is 0.398. The van der Waals surface area contributed by atoms with Crippen LogP contribution in [0.15, 0.2) is 36.4 Å². The van der Waals surface area contributed by atoms with Crippen LogP contribution in [-0.4, -0.2) is 25.2 Å². The van der Waals surface area contributed by atoms with Crippen molar-refractivity contribution in [2.24, 2.45) is 0 Å². The zero-order valence-electron chi connectivity index (χ0n) is 12.8. The standard InChI is InChI=1S/C16H22N4O/c1-4-20(5-2)13-8-6-12(7-9-13)18-16-14(17)10-11-15(19-16)21-3/h6-11H,4-5,17H2,1-3H3,(H,18,19). The molecule has 0 atom stereocenters. The van der Waals surface area contributed by atoms with Crippen LogP contribution in [0.4, 0.5) is 22.9 Å². The van der Waals surface area contributed by atoms with Gasteiger partial charge in [-0.25, -0.2) is 0 Å². The summed E-state index contributed by atoms with van der Waals surface area (Å²) in [7, 11) is 1.58. The van der Waals surface area contributed by atoms with Crippen LogP contribution in [0.1, 0.15) is 13.8 Å². The molecule has 1 heterocycles. The second-order valence-corrected chi connectivity index (χ2v) is 4.64. The topological polar surface area (TPSA) is 63.4 Å². The summed E-state index contributed by atoms with van der Waals surface area (Å²) >= 11 is 0. The number of nitrogen functional groups attached to an aromatic ring is 1. The van der Waals surface area contributed by atoms with Gasteiger partial charge in [0.15, 0.2) is 5.82 Å². The minimum Gasteiger partial charge on any atom is -0.481 e. The van der Waals surface area contributed by atoms with Crippen molar-refractivity contribution in [2.45, 2.75) is 13.8 Å². The first kappa shape index (κ1) is 15.0. The summed E-state index contributed by atoms with van der Waals surface area (Å²) in [6, 6.07) is 11.7. The Bertz CT molecular complexity index is 579. The third kappa shape index (κ3) is 3.56. The normalized spacial score (nSPS) is 10.2. The van der Waals surface area contributed by atoms with Crippen molar-refractivity contribution in [3.8, 4) is 5.88 Å². The van der Waals surface area contributed by atoms with Gasteiger partial charge in [-0.05, 0) is 44.2 Å². The molecule has 112 valence electrons. The molecule has 3 N–H and O–H groups in total. The van der Waals surface area contributed by atoms with E-state index in [1.165, 1.54) is 5.69 Å². The fourth-order valence-corrected chi connectivity index (χ4v) is 2.15. The quantitative estimate of drug-likeness (QED) is 0.853. The average molecular weight is 286 g/mol. The number of nitrogens with two attached hydrogens (primary N) is 1. The molecule has 5 nitrogen and oxygen atoms in total. The number of hydrogen-bond donors (Lipinski definition) is 2. The van der Waals surface area contributed by atoms with E-state index >= 15 is 0 Å². The number of nitrogens with zero attached hydrogens (tertiary/aromatic N) is 2. The number of benzene rings is 1. The molecule has 2 aromatic rings. The van der Waals surface area contributed by atoms with Gasteiger partial charge in [0.2, 0.25) is 5.88 Å². The highest BCUT2D eigenvalue weighted by molar-refractivity contribution is 5.70. The molecule has 0 aliphatic heterocycles. The van der Waals surface area contributed by atoms with Gasteiger partial charge in [-0.15, -0.1) is 0 Å². The average Bonchev–Trinajstić information content (AvgIpc) is 2.52. The smallest absolute Gasteiger partial charge is 0.215 e. The Morgan fingerprint density at radius 2 is 1.76 bits per heavy atom. The van der Waals surface area contributed by atoms with E-state index in [1.54, 1.807) is 19.2 Å². The van der Waals surface area contributed by atoms with Gasteiger partial charge in [-0.1, -0.05) is 0 Å². The summed E-state index contributed by atoms with van der Waals surface area (Å²) in [4.78, 5) is 6.60. The van der Waals surface area contributed by atoms with E-state index in [0.717, 1.165) is 18.8 Å². The molecule has 0 radical (unpaired) electrons. The SMILES string of the molecule is CCN(CC)c1ccc(Nc2nc(OC)ccc2N)cc1. The molecule has 0 saturated carbocycles. The van der Waals surface area contributed by atoms with E-state index in [2.05, 4.69) is 41.2 Å². The van der Waals surface area contributed by atoms with Crippen molar-refractivity contribution >= 4 is 22.9 Å². The highest BCUT2D eigenvalue weighted by atomic mass is 16.5. The van der Waals surface area contributed by atoms with Gasteiger partial charge in [0.1, 0.15) is 0 Å². The predicted molar refractivity (Wildman–Crippen MR) is 88.5 cm³/mol. The summed E-state index contributed by atoms with van der Waals surface area (Å²) in [5.74, 6) is 1.14. The van der Waals surface area contributed by atoms with E-state index in [4.69, 9.17) is 10.5 Å². The summed E-state index contributed by atoms with van der Waals surface area (Å²) in [6.07, 6.45) is 0. The Balaban J connectivity index is 2.17. The molecule has 0 aliphatic rings. The maximum Gasteiger partial charge on any atom is 0.215 e. The minimum atomic E-state index is 0.534. The molecule has 0 amide bonds. The highest BCUT2D eigenvalue weighted by Crippen LogP contribution is 2.25. The van der Waals surface area contributed by atoms with Crippen LogP contribution in [0.3, 0.4) is 0 Å². The van der Waals surface area contributed by atoms with E-state index in [-0.39, 0.29) is 0 Å². The van der Waals surface area contributed by atoms with Crippen LogP contribution in [-0.2, 0) is 0 Å². The Labute approximate surface area is 125 Å². The highest BCUT2D eigenvalue weighted by Gasteiger charge is 2.05. The molecule has 0 bridgehead atoms. The fraction of sp³-hybridized carbons (Fsp3) is 0.312. The number of rotatable bonds is 6. The van der Waals surface area contributed by atoms with Crippen LogP contribution in [0.2, 0.25) is 0 Å². The van der Waals surface area contributed by atoms with Crippen molar-refractivity contribution in [1.29, 1.82) is 0 Å². The lowest BCUT2D eigenvalue weighted by Crippen LogP contribution is -2.21. The maximum absolute atomic E-state index is 5.92. The first-order valence-corrected chi connectivity index (χ1v) is 7.10. The number of aromatic nitrogens is 1. The molecule has 5 heteroatoms. The van der Waals surface area contributed by atoms with Gasteiger partial charge in [0, 0.05) is 30.5 Å². The van der Waals surface area contributed by atoms with Crippen LogP contribution in [0.5, 0.6) is 5.88 Å². The number of anilines is 4. The first-order valence-electron chi connectivity index (χ1n) is 7.10. The van der Waals surface area contributed by atoms with Gasteiger partial charge < -0.3 is 20.7 Å². The zero-order valence-corrected chi connectivity index (χ0v) is 12.8. The van der Waals surface area contributed by atoms with E-state index in [9.17, 15) is 0 Å². The Morgan fingerprint density at radius 1 is 1.10 bits per heavy atom. The van der Waals surface area contributed by atoms with Crippen LogP contribution in [0.25, 0.3) is 0 Å². The molecule has 0 saturated heterocycles. The van der Waals surface area contributed by atoms with Crippen molar-refractivity contribution in [1.82, 2.24) is 4.98 Å². The summed E-state index contributed by atoms with van der Waals surface area (Å²) in [5.41, 5.74) is 8.66. The first-order chi connectivity index (χ1) is 10.2. The predicted octanol–water partition coefficient (Wildman–Crippen LogP) is 3.26. The Hall–Kier alpha value is -2.43. The molecule has 2 rings (SSSR count). The molecule has 0 fully saturated rings. The monoisotopic (exact) mass is 286 g/mol. The third-order valence-corrected chi connectivity index (χ3v) is 3.37. The zero-order chi connectivity index (χ0) is 15.2. The Morgan fingerprint density at radius 3 is 2.33 bits per heavy atom. The van der Waals surface area contributed by atoms with Gasteiger partial charge in [-0.3, -0.25) is 0 Å². The van der Waals surface area contributed by atoms with E-state index in [0.29, 0.717) is 17.4 Å². The largest absolute Gasteiger partial charge is 0.481 e. The van der Waals surface area contributed by atoms with Crippen LogP contribution >= 0.6 is 0 Å². The second kappa shape index (κ2) is 6.83. The number of pyridine rings is 1. The van der Waals surface area contributed by atoms with E-state index in [1.807, 2.05) is 12.1 Å². The van der Waals surface area contributed by atoms with Gasteiger partial charge in [0.25, 0.3) is 0 Å². The van der Waals surface area contributed by atoms with Crippen LogP contribution < -0.4 is 20.7 Å². The number of methoxy groups -OCH3 is 1. The minimum absolute atomic E-state index is 0.534. The van der Waals surface area contributed by atoms with Crippen molar-refractivity contribution in [2.75, 3.05) is 36.1 Å². The summed E-state index contributed by atoms with van der Waals surface area (Å²) < 4.78 is 5.11. The van der Waals surface area contributed by atoms with Crippen molar-refractivity contribution < 1.29 is 4.74 Å². The summed E-state index contributed by atoms with van der Waals surface area (Å²) in [6.45, 7) is 6.29. The Kier molecular flexibility index (Phi) is 4.87. The maximum atomic E-state index is 5.92. The molecule has 0 spiro atoms. The van der Waals surface area contributed by atoms with Gasteiger partial charge in [0.05, 0.1) is 12.8 Å². The number of hydrogen-bond acceptors (Lipinski definition) is 5. The van der Waals surface area contributed by atoms with E-state index < -0.39 is 0 Å². The van der Waals surface area contributed by atoms with Gasteiger partial charge in [-0.2, -0.15) is 4.98 Å². The molecule has 1 aromatic carbocycles. The van der Waals surface area contributed by atoms with Crippen molar-refractivity contribution in [3.05, 3.63) is 36.4 Å². The fourth-order valence-electron chi connectivity index (χ4n) is 2.15. The molecular weight excluding hydrogens is 264 g/mol. The molecule has 21 heavy (non-hydrogen) atoms. The number of nitrogens with one attached hydrogen (secondary N) is 1. The molecular formula is C16H22N4O. The summed E-state index contributed by atoms with van der Waals surface area (Å²) in [5, 5.41) is 3.21. The number of ether oxygens (including phenoxy) is 1. The molecule has 1 aromatic heterocycles. The van der Waals surface area contributed by atoms with Crippen LogP contribution in [0, 0.1) is 0 Å². The lowest BCUT2D eigenvalue weighted by Gasteiger charge is -2.21. The molecule has 0 unspecified atom stereocenters. The van der Waals surface area contributed by atoms with Crippen molar-refractivity contribution in [3.63, 3.8) is 0 Å². The molecule has 0 aliphatic carbocycles.